The number of aryl methyl sites for hydroxylation is 2. The number of rotatable bonds is 6. The number of hydrogen-bond donors (Lipinski definition) is 1. The summed E-state index contributed by atoms with van der Waals surface area (Å²) in [5, 5.41) is 14.2. The van der Waals surface area contributed by atoms with Crippen LogP contribution in [0.25, 0.3) is 0 Å². The van der Waals surface area contributed by atoms with Gasteiger partial charge in [0.25, 0.3) is 0 Å². The molecule has 0 aromatic carbocycles. The number of aliphatic hydroxyl groups excluding tert-OH is 1. The Hall–Kier alpha value is -0.830. The highest BCUT2D eigenvalue weighted by atomic mass is 16.3. The van der Waals surface area contributed by atoms with E-state index in [1.165, 1.54) is 5.69 Å². The second kappa shape index (κ2) is 6.37. The topological polar surface area (TPSA) is 38.1 Å². The fraction of sp³-hybridized carbons (Fsp3) is 0.800. The van der Waals surface area contributed by atoms with E-state index in [0.717, 1.165) is 25.7 Å². The molecule has 0 aliphatic heterocycles. The Kier molecular flexibility index (Phi) is 5.39. The second-order valence-corrected chi connectivity index (χ2v) is 6.74. The summed E-state index contributed by atoms with van der Waals surface area (Å²) in [7, 11) is 1.95. The lowest BCUT2D eigenvalue weighted by Gasteiger charge is -2.24. The minimum absolute atomic E-state index is 0.197. The van der Waals surface area contributed by atoms with Crippen LogP contribution in [0.5, 0.6) is 0 Å². The van der Waals surface area contributed by atoms with Crippen LogP contribution < -0.4 is 0 Å². The molecule has 104 valence electrons. The average Bonchev–Trinajstić information content (AvgIpc) is 2.57. The molecule has 0 aliphatic rings. The van der Waals surface area contributed by atoms with Crippen molar-refractivity contribution in [2.75, 3.05) is 0 Å². The Balaban J connectivity index is 2.29. The van der Waals surface area contributed by atoms with Crippen molar-refractivity contribution in [3.63, 3.8) is 0 Å². The predicted molar refractivity (Wildman–Crippen MR) is 75.4 cm³/mol. The van der Waals surface area contributed by atoms with E-state index in [1.54, 1.807) is 0 Å². The Bertz CT molecular complexity index is 352. The zero-order chi connectivity index (χ0) is 13.8. The lowest BCUT2D eigenvalue weighted by Crippen LogP contribution is -2.18. The standard InChI is InChI=1S/C15H28N2O/c1-12(11-15(2,3)4)10-14(18)7-6-13-8-9-16-17(13)5/h8-9,12,14,18H,6-7,10-11H2,1-5H3. The van der Waals surface area contributed by atoms with E-state index in [4.69, 9.17) is 0 Å². The van der Waals surface area contributed by atoms with E-state index in [0.29, 0.717) is 11.3 Å². The quantitative estimate of drug-likeness (QED) is 0.844. The highest BCUT2D eigenvalue weighted by molar-refractivity contribution is 5.00. The van der Waals surface area contributed by atoms with Gasteiger partial charge in [0, 0.05) is 18.9 Å². The van der Waals surface area contributed by atoms with Gasteiger partial charge in [-0.25, -0.2) is 0 Å². The van der Waals surface area contributed by atoms with E-state index in [2.05, 4.69) is 32.8 Å². The van der Waals surface area contributed by atoms with Crippen molar-refractivity contribution in [3.05, 3.63) is 18.0 Å². The predicted octanol–water partition coefficient (Wildman–Crippen LogP) is 3.18. The first-order valence-corrected chi connectivity index (χ1v) is 6.93. The molecular formula is C15H28N2O. The molecule has 18 heavy (non-hydrogen) atoms. The molecule has 0 saturated heterocycles. The monoisotopic (exact) mass is 252 g/mol. The SMILES string of the molecule is CC(CC(O)CCc1ccnn1C)CC(C)(C)C. The highest BCUT2D eigenvalue weighted by Crippen LogP contribution is 2.27. The third kappa shape index (κ3) is 5.67. The fourth-order valence-electron chi connectivity index (χ4n) is 2.67. The molecule has 0 bridgehead atoms. The molecule has 1 aromatic rings. The molecule has 0 saturated carbocycles. The Morgan fingerprint density at radius 2 is 2.06 bits per heavy atom. The number of hydrogen-bond acceptors (Lipinski definition) is 2. The van der Waals surface area contributed by atoms with Crippen molar-refractivity contribution in [2.45, 2.75) is 59.5 Å². The third-order valence-corrected chi connectivity index (χ3v) is 3.29. The van der Waals surface area contributed by atoms with Gasteiger partial charge in [0.1, 0.15) is 0 Å². The van der Waals surface area contributed by atoms with Crippen LogP contribution in [-0.2, 0) is 13.5 Å². The molecule has 2 atom stereocenters. The normalized spacial score (nSPS) is 15.7. The molecule has 1 aromatic heterocycles. The summed E-state index contributed by atoms with van der Waals surface area (Å²) in [4.78, 5) is 0. The van der Waals surface area contributed by atoms with Gasteiger partial charge < -0.3 is 5.11 Å². The summed E-state index contributed by atoms with van der Waals surface area (Å²) >= 11 is 0. The number of aliphatic hydroxyl groups is 1. The largest absolute Gasteiger partial charge is 0.393 e. The van der Waals surface area contributed by atoms with Gasteiger partial charge in [0.2, 0.25) is 0 Å². The fourth-order valence-corrected chi connectivity index (χ4v) is 2.67. The van der Waals surface area contributed by atoms with Gasteiger partial charge in [-0.05, 0) is 43.1 Å². The zero-order valence-corrected chi connectivity index (χ0v) is 12.5. The molecule has 0 spiro atoms. The first kappa shape index (κ1) is 15.2. The first-order valence-electron chi connectivity index (χ1n) is 6.93. The molecular weight excluding hydrogens is 224 g/mol. The Morgan fingerprint density at radius 3 is 2.56 bits per heavy atom. The minimum Gasteiger partial charge on any atom is -0.393 e. The maximum absolute atomic E-state index is 10.1. The van der Waals surface area contributed by atoms with Gasteiger partial charge in [-0.15, -0.1) is 0 Å². The van der Waals surface area contributed by atoms with E-state index in [1.807, 2.05) is 24.0 Å². The summed E-state index contributed by atoms with van der Waals surface area (Å²) in [6.45, 7) is 9.00. The molecule has 0 amide bonds. The smallest absolute Gasteiger partial charge is 0.0546 e. The Labute approximate surface area is 111 Å². The lowest BCUT2D eigenvalue weighted by molar-refractivity contribution is 0.124. The second-order valence-electron chi connectivity index (χ2n) is 6.74. The van der Waals surface area contributed by atoms with Gasteiger partial charge in [0.15, 0.2) is 0 Å². The van der Waals surface area contributed by atoms with Gasteiger partial charge >= 0.3 is 0 Å². The average molecular weight is 252 g/mol. The maximum atomic E-state index is 10.1. The summed E-state index contributed by atoms with van der Waals surface area (Å²) < 4.78 is 1.88. The van der Waals surface area contributed by atoms with Crippen LogP contribution in [0.1, 0.15) is 52.7 Å². The molecule has 1 N–H and O–H groups in total. The molecule has 0 aliphatic carbocycles. The summed E-state index contributed by atoms with van der Waals surface area (Å²) in [6, 6.07) is 2.02. The molecule has 1 rings (SSSR count). The van der Waals surface area contributed by atoms with Crippen molar-refractivity contribution in [1.29, 1.82) is 0 Å². The highest BCUT2D eigenvalue weighted by Gasteiger charge is 2.18. The van der Waals surface area contributed by atoms with Crippen LogP contribution in [0.2, 0.25) is 0 Å². The molecule has 0 radical (unpaired) electrons. The van der Waals surface area contributed by atoms with E-state index >= 15 is 0 Å². The Morgan fingerprint density at radius 1 is 1.39 bits per heavy atom. The van der Waals surface area contributed by atoms with Crippen LogP contribution in [0.15, 0.2) is 12.3 Å². The zero-order valence-electron chi connectivity index (χ0n) is 12.5. The van der Waals surface area contributed by atoms with Crippen molar-refractivity contribution < 1.29 is 5.11 Å². The summed E-state index contributed by atoms with van der Waals surface area (Å²) in [5.41, 5.74) is 1.54. The van der Waals surface area contributed by atoms with Crippen molar-refractivity contribution >= 4 is 0 Å². The van der Waals surface area contributed by atoms with Crippen molar-refractivity contribution in [1.82, 2.24) is 9.78 Å². The van der Waals surface area contributed by atoms with Crippen LogP contribution >= 0.6 is 0 Å². The molecule has 0 fully saturated rings. The van der Waals surface area contributed by atoms with Crippen LogP contribution in [0.4, 0.5) is 0 Å². The van der Waals surface area contributed by atoms with Gasteiger partial charge in [-0.2, -0.15) is 5.10 Å². The first-order chi connectivity index (χ1) is 8.28. The van der Waals surface area contributed by atoms with Crippen molar-refractivity contribution in [3.8, 4) is 0 Å². The molecule has 3 heteroatoms. The molecule has 1 heterocycles. The summed E-state index contributed by atoms with van der Waals surface area (Å²) in [5.74, 6) is 0.575. The van der Waals surface area contributed by atoms with E-state index < -0.39 is 0 Å². The van der Waals surface area contributed by atoms with Gasteiger partial charge in [0.05, 0.1) is 6.10 Å². The van der Waals surface area contributed by atoms with E-state index in [9.17, 15) is 5.11 Å². The van der Waals surface area contributed by atoms with Crippen LogP contribution in [0.3, 0.4) is 0 Å². The van der Waals surface area contributed by atoms with Gasteiger partial charge in [-0.1, -0.05) is 27.7 Å². The molecule has 2 unspecified atom stereocenters. The number of nitrogens with zero attached hydrogens (tertiary/aromatic N) is 2. The van der Waals surface area contributed by atoms with Gasteiger partial charge in [-0.3, -0.25) is 4.68 Å². The van der Waals surface area contributed by atoms with Crippen LogP contribution in [0, 0.1) is 11.3 Å². The van der Waals surface area contributed by atoms with Crippen molar-refractivity contribution in [2.24, 2.45) is 18.4 Å². The maximum Gasteiger partial charge on any atom is 0.0546 e. The third-order valence-electron chi connectivity index (χ3n) is 3.29. The van der Waals surface area contributed by atoms with E-state index in [-0.39, 0.29) is 6.10 Å². The summed E-state index contributed by atoms with van der Waals surface area (Å²) in [6.07, 6.45) is 5.40. The lowest BCUT2D eigenvalue weighted by atomic mass is 9.83. The van der Waals surface area contributed by atoms with Crippen LogP contribution in [-0.4, -0.2) is 21.0 Å². The minimum atomic E-state index is -0.197. The molecule has 3 nitrogen and oxygen atoms in total. The number of aromatic nitrogens is 2.